The zero-order valence-electron chi connectivity index (χ0n) is 6.97. The van der Waals surface area contributed by atoms with Crippen LogP contribution in [0.3, 0.4) is 0 Å². The molecule has 2 nitrogen and oxygen atoms in total. The van der Waals surface area contributed by atoms with E-state index in [4.69, 9.17) is 5.11 Å². The first-order chi connectivity index (χ1) is 5.91. The zero-order valence-corrected chi connectivity index (χ0v) is 6.97. The van der Waals surface area contributed by atoms with Gasteiger partial charge in [0.15, 0.2) is 0 Å². The lowest BCUT2D eigenvalue weighted by Gasteiger charge is -2.27. The highest BCUT2D eigenvalue weighted by molar-refractivity contribution is 5.69. The fourth-order valence-electron chi connectivity index (χ4n) is 1.67. The molecule has 13 heavy (non-hydrogen) atoms. The zero-order chi connectivity index (χ0) is 10.1. The monoisotopic (exact) mass is 196 g/mol. The average Bonchev–Trinajstić information content (AvgIpc) is 2.03. The lowest BCUT2D eigenvalue weighted by Crippen LogP contribution is -2.30. The van der Waals surface area contributed by atoms with Gasteiger partial charge in [-0.05, 0) is 25.7 Å². The first kappa shape index (κ1) is 10.3. The number of halogens is 3. The van der Waals surface area contributed by atoms with Crippen molar-refractivity contribution in [2.75, 3.05) is 0 Å². The highest BCUT2D eigenvalue weighted by atomic mass is 19.4. The largest absolute Gasteiger partial charge is 0.481 e. The van der Waals surface area contributed by atoms with Crippen LogP contribution in [0.1, 0.15) is 25.7 Å². The van der Waals surface area contributed by atoms with Gasteiger partial charge in [0.05, 0.1) is 11.8 Å². The maximum absolute atomic E-state index is 12.1. The summed E-state index contributed by atoms with van der Waals surface area (Å²) in [4.78, 5) is 10.4. The molecule has 0 radical (unpaired) electrons. The summed E-state index contributed by atoms with van der Waals surface area (Å²) in [5, 5.41) is 8.55. The van der Waals surface area contributed by atoms with Crippen LogP contribution in [0.15, 0.2) is 0 Å². The van der Waals surface area contributed by atoms with Crippen LogP contribution in [0.5, 0.6) is 0 Å². The summed E-state index contributed by atoms with van der Waals surface area (Å²) in [6, 6.07) is 0. The topological polar surface area (TPSA) is 37.3 Å². The van der Waals surface area contributed by atoms with Crippen molar-refractivity contribution < 1.29 is 23.1 Å². The number of carbonyl (C=O) groups is 1. The molecule has 0 spiro atoms. The van der Waals surface area contributed by atoms with E-state index in [1.165, 1.54) is 0 Å². The molecule has 0 aliphatic heterocycles. The van der Waals surface area contributed by atoms with Gasteiger partial charge in [0.2, 0.25) is 0 Å². The SMILES string of the molecule is O=C(O)[C@H]1CC[C@@H](C(F)(F)F)CC1. The lowest BCUT2D eigenvalue weighted by atomic mass is 9.82. The van der Waals surface area contributed by atoms with E-state index in [0.717, 1.165) is 0 Å². The normalized spacial score (nSPS) is 30.1. The van der Waals surface area contributed by atoms with E-state index < -0.39 is 24.0 Å². The maximum Gasteiger partial charge on any atom is 0.391 e. The molecule has 1 N–H and O–H groups in total. The van der Waals surface area contributed by atoms with E-state index >= 15 is 0 Å². The molecule has 1 fully saturated rings. The third kappa shape index (κ3) is 2.60. The van der Waals surface area contributed by atoms with Gasteiger partial charge < -0.3 is 5.11 Å². The molecule has 1 rings (SSSR count). The lowest BCUT2D eigenvalue weighted by molar-refractivity contribution is -0.186. The molecule has 1 saturated carbocycles. The summed E-state index contributed by atoms with van der Waals surface area (Å²) < 4.78 is 36.4. The summed E-state index contributed by atoms with van der Waals surface area (Å²) in [5.74, 6) is -2.83. The van der Waals surface area contributed by atoms with Gasteiger partial charge >= 0.3 is 12.1 Å². The molecule has 0 unspecified atom stereocenters. The Bertz CT molecular complexity index is 192. The van der Waals surface area contributed by atoms with Crippen molar-refractivity contribution in [2.24, 2.45) is 11.8 Å². The van der Waals surface area contributed by atoms with Crippen molar-refractivity contribution in [1.82, 2.24) is 0 Å². The summed E-state index contributed by atoms with van der Waals surface area (Å²) >= 11 is 0. The molecule has 0 aromatic carbocycles. The van der Waals surface area contributed by atoms with Crippen LogP contribution in [0.2, 0.25) is 0 Å². The Kier molecular flexibility index (Phi) is 2.83. The van der Waals surface area contributed by atoms with Crippen LogP contribution in [-0.2, 0) is 4.79 Å². The molecule has 1 aliphatic carbocycles. The summed E-state index contributed by atoms with van der Waals surface area (Å²) in [6.07, 6.45) is -3.93. The molecule has 0 atom stereocenters. The van der Waals surface area contributed by atoms with Crippen LogP contribution in [0.4, 0.5) is 13.2 Å². The van der Waals surface area contributed by atoms with Crippen molar-refractivity contribution in [2.45, 2.75) is 31.9 Å². The van der Waals surface area contributed by atoms with E-state index in [1.807, 2.05) is 0 Å². The molecule has 76 valence electrons. The fraction of sp³-hybridized carbons (Fsp3) is 0.875. The number of hydrogen-bond donors (Lipinski definition) is 1. The van der Waals surface area contributed by atoms with E-state index in [-0.39, 0.29) is 25.7 Å². The molecule has 0 amide bonds. The van der Waals surface area contributed by atoms with Gasteiger partial charge in [-0.15, -0.1) is 0 Å². The molecular weight excluding hydrogens is 185 g/mol. The summed E-state index contributed by atoms with van der Waals surface area (Å²) in [6.45, 7) is 0. The highest BCUT2D eigenvalue weighted by Crippen LogP contribution is 2.39. The third-order valence-corrected chi connectivity index (χ3v) is 2.54. The number of aliphatic carboxylic acids is 1. The van der Waals surface area contributed by atoms with Crippen molar-refractivity contribution in [3.63, 3.8) is 0 Å². The Labute approximate surface area is 73.7 Å². The molecule has 0 saturated heterocycles. The van der Waals surface area contributed by atoms with Gasteiger partial charge in [0.1, 0.15) is 0 Å². The summed E-state index contributed by atoms with van der Waals surface area (Å²) in [5.41, 5.74) is 0. The number of hydrogen-bond acceptors (Lipinski definition) is 1. The van der Waals surface area contributed by atoms with E-state index in [2.05, 4.69) is 0 Å². The van der Waals surface area contributed by atoms with Crippen molar-refractivity contribution in [3.8, 4) is 0 Å². The minimum atomic E-state index is -4.15. The second-order valence-corrected chi connectivity index (χ2v) is 3.43. The first-order valence-corrected chi connectivity index (χ1v) is 4.21. The maximum atomic E-state index is 12.1. The van der Waals surface area contributed by atoms with Crippen LogP contribution in [-0.4, -0.2) is 17.3 Å². The number of rotatable bonds is 1. The third-order valence-electron chi connectivity index (χ3n) is 2.54. The van der Waals surface area contributed by atoms with Gasteiger partial charge in [-0.3, -0.25) is 4.79 Å². The van der Waals surface area contributed by atoms with Gasteiger partial charge in [0, 0.05) is 0 Å². The number of carboxylic acids is 1. The summed E-state index contributed by atoms with van der Waals surface area (Å²) in [7, 11) is 0. The van der Waals surface area contributed by atoms with Crippen LogP contribution < -0.4 is 0 Å². The van der Waals surface area contributed by atoms with E-state index in [1.54, 1.807) is 0 Å². The Morgan fingerprint density at radius 2 is 1.62 bits per heavy atom. The van der Waals surface area contributed by atoms with E-state index in [0.29, 0.717) is 0 Å². The minimum Gasteiger partial charge on any atom is -0.481 e. The highest BCUT2D eigenvalue weighted by Gasteiger charge is 2.42. The molecule has 0 heterocycles. The van der Waals surface area contributed by atoms with E-state index in [9.17, 15) is 18.0 Å². The van der Waals surface area contributed by atoms with Gasteiger partial charge in [-0.1, -0.05) is 0 Å². The molecular formula is C8H11F3O2. The quantitative estimate of drug-likeness (QED) is 0.699. The Hall–Kier alpha value is -0.740. The van der Waals surface area contributed by atoms with Gasteiger partial charge in [0.25, 0.3) is 0 Å². The second kappa shape index (κ2) is 3.55. The van der Waals surface area contributed by atoms with Crippen molar-refractivity contribution in [3.05, 3.63) is 0 Å². The predicted molar refractivity (Wildman–Crippen MR) is 39.1 cm³/mol. The Morgan fingerprint density at radius 1 is 1.15 bits per heavy atom. The van der Waals surface area contributed by atoms with Gasteiger partial charge in [-0.25, -0.2) is 0 Å². The fourth-order valence-corrected chi connectivity index (χ4v) is 1.67. The second-order valence-electron chi connectivity index (χ2n) is 3.43. The molecule has 1 aliphatic rings. The Balaban J connectivity index is 2.44. The van der Waals surface area contributed by atoms with Crippen molar-refractivity contribution >= 4 is 5.97 Å². The predicted octanol–water partition coefficient (Wildman–Crippen LogP) is 2.44. The standard InChI is InChI=1S/C8H11F3O2/c9-8(10,11)6-3-1-5(2-4-6)7(12)13/h5-6H,1-4H2,(H,12,13)/t5-,6+. The Morgan fingerprint density at radius 3 is 1.92 bits per heavy atom. The first-order valence-electron chi connectivity index (χ1n) is 4.21. The molecule has 5 heteroatoms. The molecule has 0 bridgehead atoms. The molecule has 0 aromatic rings. The smallest absolute Gasteiger partial charge is 0.391 e. The van der Waals surface area contributed by atoms with Crippen LogP contribution in [0.25, 0.3) is 0 Å². The number of carboxylic acid groups (broad SMARTS) is 1. The van der Waals surface area contributed by atoms with Crippen LogP contribution in [0, 0.1) is 11.8 Å². The molecule has 0 aromatic heterocycles. The van der Waals surface area contributed by atoms with Crippen LogP contribution >= 0.6 is 0 Å². The minimum absolute atomic E-state index is 0.0412. The average molecular weight is 196 g/mol. The number of alkyl halides is 3. The van der Waals surface area contributed by atoms with Gasteiger partial charge in [-0.2, -0.15) is 13.2 Å². The van der Waals surface area contributed by atoms with Crippen molar-refractivity contribution in [1.29, 1.82) is 0 Å².